The summed E-state index contributed by atoms with van der Waals surface area (Å²) < 4.78 is 0. The normalized spacial score (nSPS) is 18.2. The lowest BCUT2D eigenvalue weighted by Crippen LogP contribution is -2.16. The smallest absolute Gasteiger partial charge is 0.354 e. The number of carbonyl (C=O) groups is 1. The molecule has 3 nitrogen and oxygen atoms in total. The molecule has 0 aromatic heterocycles. The summed E-state index contributed by atoms with van der Waals surface area (Å²) in [5.74, 6) is -0.891. The molecule has 0 amide bonds. The van der Waals surface area contributed by atoms with E-state index in [1.807, 2.05) is 13.8 Å². The largest absolute Gasteiger partial charge is 0.477 e. The summed E-state index contributed by atoms with van der Waals surface area (Å²) in [7, 11) is 0. The van der Waals surface area contributed by atoms with E-state index in [0.717, 1.165) is 24.8 Å². The number of aliphatic imine (C=N–C) groups is 1. The minimum atomic E-state index is -0.891. The fraction of sp³-hybridized carbons (Fsp3) is 0.600. The third-order valence-corrected chi connectivity index (χ3v) is 2.30. The second-order valence-corrected chi connectivity index (χ2v) is 3.24. The second-order valence-electron chi connectivity index (χ2n) is 3.24. The molecular weight excluding hydrogens is 166 g/mol. The van der Waals surface area contributed by atoms with Crippen molar-refractivity contribution in [1.29, 1.82) is 0 Å². The number of hydrogen-bond acceptors (Lipinski definition) is 2. The Kier molecular flexibility index (Phi) is 3.23. The Bertz CT molecular complexity index is 277. The van der Waals surface area contributed by atoms with Crippen LogP contribution in [0.15, 0.2) is 16.1 Å². The van der Waals surface area contributed by atoms with Gasteiger partial charge >= 0.3 is 5.97 Å². The maximum atomic E-state index is 10.9. The number of carboxylic acid groups (broad SMARTS) is 1. The summed E-state index contributed by atoms with van der Waals surface area (Å²) in [5, 5.41) is 8.92. The van der Waals surface area contributed by atoms with Crippen molar-refractivity contribution in [3.8, 4) is 0 Å². The Morgan fingerprint density at radius 3 is 2.62 bits per heavy atom. The van der Waals surface area contributed by atoms with Gasteiger partial charge in [-0.3, -0.25) is 4.99 Å². The molecule has 0 bridgehead atoms. The van der Waals surface area contributed by atoms with E-state index in [9.17, 15) is 4.79 Å². The zero-order valence-electron chi connectivity index (χ0n) is 8.13. The quantitative estimate of drug-likeness (QED) is 0.677. The van der Waals surface area contributed by atoms with Gasteiger partial charge in [0.1, 0.15) is 5.71 Å². The fourth-order valence-electron chi connectivity index (χ4n) is 1.67. The van der Waals surface area contributed by atoms with Gasteiger partial charge in [0.25, 0.3) is 0 Å². The Labute approximate surface area is 78.2 Å². The first-order chi connectivity index (χ1) is 6.16. The highest BCUT2D eigenvalue weighted by molar-refractivity contribution is 6.42. The number of rotatable bonds is 3. The molecule has 0 aliphatic heterocycles. The molecule has 0 aromatic rings. The molecule has 0 heterocycles. The van der Waals surface area contributed by atoms with Crippen molar-refractivity contribution in [2.45, 2.75) is 33.1 Å². The molecule has 72 valence electrons. The number of aliphatic carboxylic acids is 1. The second kappa shape index (κ2) is 4.21. The molecular formula is C10H15NO2. The number of allylic oxidation sites excluding steroid dienone is 1. The standard InChI is InChI=1S/C10H15NO2/c1-3-11-9(10(12)13)8-6-4-5-7(8)2/h3-6H2,1-2H3,(H,12,13)/b11-9+. The summed E-state index contributed by atoms with van der Waals surface area (Å²) in [6.07, 6.45) is 2.96. The minimum Gasteiger partial charge on any atom is -0.477 e. The molecule has 0 saturated heterocycles. The molecule has 3 heteroatoms. The van der Waals surface area contributed by atoms with Crippen LogP contribution in [0.4, 0.5) is 0 Å². The molecule has 13 heavy (non-hydrogen) atoms. The monoisotopic (exact) mass is 181 g/mol. The SMILES string of the molecule is CC/N=C(/C(=O)O)C1=C(C)CCC1. The molecule has 1 N–H and O–H groups in total. The highest BCUT2D eigenvalue weighted by atomic mass is 16.4. The van der Waals surface area contributed by atoms with Crippen LogP contribution in [0, 0.1) is 0 Å². The number of nitrogens with zero attached hydrogens (tertiary/aromatic N) is 1. The van der Waals surface area contributed by atoms with Crippen LogP contribution in [0.25, 0.3) is 0 Å². The van der Waals surface area contributed by atoms with E-state index >= 15 is 0 Å². The zero-order chi connectivity index (χ0) is 9.84. The van der Waals surface area contributed by atoms with Gasteiger partial charge in [-0.15, -0.1) is 0 Å². The average molecular weight is 181 g/mol. The molecule has 0 radical (unpaired) electrons. The lowest BCUT2D eigenvalue weighted by atomic mass is 10.1. The van der Waals surface area contributed by atoms with Crippen molar-refractivity contribution < 1.29 is 9.90 Å². The van der Waals surface area contributed by atoms with E-state index < -0.39 is 5.97 Å². The first-order valence-corrected chi connectivity index (χ1v) is 4.63. The predicted octanol–water partition coefficient (Wildman–Crippen LogP) is 2.03. The topological polar surface area (TPSA) is 49.7 Å². The third-order valence-electron chi connectivity index (χ3n) is 2.30. The molecule has 0 spiro atoms. The highest BCUT2D eigenvalue weighted by Crippen LogP contribution is 2.26. The van der Waals surface area contributed by atoms with E-state index in [1.54, 1.807) is 0 Å². The predicted molar refractivity (Wildman–Crippen MR) is 52.2 cm³/mol. The molecule has 1 aliphatic carbocycles. The van der Waals surface area contributed by atoms with Crippen molar-refractivity contribution in [2.75, 3.05) is 6.54 Å². The van der Waals surface area contributed by atoms with Gasteiger partial charge < -0.3 is 5.11 Å². The Hall–Kier alpha value is -1.12. The van der Waals surface area contributed by atoms with Gasteiger partial charge in [0.2, 0.25) is 0 Å². The van der Waals surface area contributed by atoms with Gasteiger partial charge in [0, 0.05) is 6.54 Å². The van der Waals surface area contributed by atoms with Crippen molar-refractivity contribution >= 4 is 11.7 Å². The van der Waals surface area contributed by atoms with Gasteiger partial charge in [-0.2, -0.15) is 0 Å². The van der Waals surface area contributed by atoms with E-state index in [-0.39, 0.29) is 5.71 Å². The van der Waals surface area contributed by atoms with Crippen molar-refractivity contribution in [3.05, 3.63) is 11.1 Å². The minimum absolute atomic E-state index is 0.275. The van der Waals surface area contributed by atoms with Crippen LogP contribution in [-0.2, 0) is 4.79 Å². The summed E-state index contributed by atoms with van der Waals surface area (Å²) in [4.78, 5) is 14.9. The van der Waals surface area contributed by atoms with Crippen molar-refractivity contribution in [1.82, 2.24) is 0 Å². The molecule has 1 aliphatic rings. The van der Waals surface area contributed by atoms with Crippen LogP contribution in [0.3, 0.4) is 0 Å². The van der Waals surface area contributed by atoms with Gasteiger partial charge in [-0.1, -0.05) is 5.57 Å². The first-order valence-electron chi connectivity index (χ1n) is 4.63. The van der Waals surface area contributed by atoms with Gasteiger partial charge in [-0.05, 0) is 38.7 Å². The van der Waals surface area contributed by atoms with Crippen LogP contribution in [-0.4, -0.2) is 23.3 Å². The van der Waals surface area contributed by atoms with Crippen LogP contribution in [0.1, 0.15) is 33.1 Å². The lowest BCUT2D eigenvalue weighted by molar-refractivity contribution is -0.129. The van der Waals surface area contributed by atoms with Gasteiger partial charge in [0.05, 0.1) is 0 Å². The van der Waals surface area contributed by atoms with E-state index in [1.165, 1.54) is 5.57 Å². The summed E-state index contributed by atoms with van der Waals surface area (Å²) >= 11 is 0. The maximum Gasteiger partial charge on any atom is 0.354 e. The van der Waals surface area contributed by atoms with E-state index in [2.05, 4.69) is 4.99 Å². The van der Waals surface area contributed by atoms with Crippen LogP contribution >= 0.6 is 0 Å². The number of carboxylic acids is 1. The van der Waals surface area contributed by atoms with Gasteiger partial charge in [-0.25, -0.2) is 4.79 Å². The number of hydrogen-bond donors (Lipinski definition) is 1. The summed E-state index contributed by atoms with van der Waals surface area (Å²) in [6.45, 7) is 4.39. The fourth-order valence-corrected chi connectivity index (χ4v) is 1.67. The Morgan fingerprint density at radius 2 is 2.23 bits per heavy atom. The van der Waals surface area contributed by atoms with Crippen molar-refractivity contribution in [3.63, 3.8) is 0 Å². The molecule has 0 fully saturated rings. The lowest BCUT2D eigenvalue weighted by Gasteiger charge is -2.03. The molecule has 0 saturated carbocycles. The molecule has 0 aromatic carbocycles. The maximum absolute atomic E-state index is 10.9. The van der Waals surface area contributed by atoms with Crippen LogP contribution in [0.2, 0.25) is 0 Å². The Morgan fingerprint density at radius 1 is 1.54 bits per heavy atom. The molecule has 0 unspecified atom stereocenters. The van der Waals surface area contributed by atoms with Crippen LogP contribution < -0.4 is 0 Å². The molecule has 1 rings (SSSR count). The highest BCUT2D eigenvalue weighted by Gasteiger charge is 2.20. The Balaban J connectivity index is 2.95. The average Bonchev–Trinajstić information content (AvgIpc) is 2.47. The van der Waals surface area contributed by atoms with Gasteiger partial charge in [0.15, 0.2) is 0 Å². The third kappa shape index (κ3) is 2.17. The molecule has 0 atom stereocenters. The zero-order valence-corrected chi connectivity index (χ0v) is 8.13. The summed E-state index contributed by atoms with van der Waals surface area (Å²) in [6, 6.07) is 0. The van der Waals surface area contributed by atoms with Crippen molar-refractivity contribution in [2.24, 2.45) is 4.99 Å². The van der Waals surface area contributed by atoms with E-state index in [0.29, 0.717) is 6.54 Å². The first kappa shape index (κ1) is 9.96. The van der Waals surface area contributed by atoms with E-state index in [4.69, 9.17) is 5.11 Å². The van der Waals surface area contributed by atoms with Crippen LogP contribution in [0.5, 0.6) is 0 Å². The summed E-state index contributed by atoms with van der Waals surface area (Å²) in [5.41, 5.74) is 2.42.